The van der Waals surface area contributed by atoms with Gasteiger partial charge in [0.05, 0.1) is 5.69 Å². The van der Waals surface area contributed by atoms with Gasteiger partial charge in [-0.2, -0.15) is 0 Å². The highest BCUT2D eigenvalue weighted by atomic mass is 79.9. The van der Waals surface area contributed by atoms with Crippen LogP contribution in [-0.2, 0) is 0 Å². The highest BCUT2D eigenvalue weighted by Crippen LogP contribution is 2.26. The van der Waals surface area contributed by atoms with Crippen molar-refractivity contribution in [2.75, 3.05) is 17.2 Å². The molecule has 20 heavy (non-hydrogen) atoms. The van der Waals surface area contributed by atoms with E-state index in [0.717, 1.165) is 11.0 Å². The zero-order valence-corrected chi connectivity index (χ0v) is 13.1. The lowest BCUT2D eigenvalue weighted by molar-refractivity contribution is 0.102. The van der Waals surface area contributed by atoms with Gasteiger partial charge >= 0.3 is 0 Å². The van der Waals surface area contributed by atoms with E-state index in [0.29, 0.717) is 22.2 Å². The summed E-state index contributed by atoms with van der Waals surface area (Å²) in [6.45, 7) is 2.72. The van der Waals surface area contributed by atoms with Crippen molar-refractivity contribution in [3.63, 3.8) is 0 Å². The Hall–Kier alpha value is -1.59. The smallest absolute Gasteiger partial charge is 0.274 e. The van der Waals surface area contributed by atoms with Crippen molar-refractivity contribution in [1.82, 2.24) is 4.98 Å². The van der Waals surface area contributed by atoms with E-state index < -0.39 is 0 Å². The lowest BCUT2D eigenvalue weighted by atomic mass is 10.3. The number of benzene rings is 1. The molecule has 0 bridgehead atoms. The van der Waals surface area contributed by atoms with Crippen LogP contribution in [0.4, 0.5) is 11.5 Å². The Balaban J connectivity index is 2.17. The predicted molar refractivity (Wildman–Crippen MR) is 85.5 cm³/mol. The third-order valence-electron chi connectivity index (χ3n) is 2.52. The number of nitrogens with zero attached hydrogens (tertiary/aromatic N) is 1. The minimum Gasteiger partial charge on any atom is -0.370 e. The summed E-state index contributed by atoms with van der Waals surface area (Å²) in [5.74, 6) is 0.406. The fourth-order valence-electron chi connectivity index (χ4n) is 1.62. The number of amides is 1. The Labute approximate surface area is 130 Å². The van der Waals surface area contributed by atoms with Crippen molar-refractivity contribution in [3.05, 3.63) is 51.6 Å². The van der Waals surface area contributed by atoms with Crippen LogP contribution in [0.15, 0.2) is 40.9 Å². The van der Waals surface area contributed by atoms with E-state index in [4.69, 9.17) is 11.6 Å². The molecule has 104 valence electrons. The molecule has 0 unspecified atom stereocenters. The molecule has 0 saturated heterocycles. The summed E-state index contributed by atoms with van der Waals surface area (Å²) >= 11 is 9.22. The molecule has 0 atom stereocenters. The molecular formula is C14H13BrClN3O. The first kappa shape index (κ1) is 14.8. The lowest BCUT2D eigenvalue weighted by Gasteiger charge is -2.08. The van der Waals surface area contributed by atoms with Gasteiger partial charge in [-0.25, -0.2) is 4.98 Å². The summed E-state index contributed by atoms with van der Waals surface area (Å²) < 4.78 is 0.723. The van der Waals surface area contributed by atoms with Gasteiger partial charge in [0, 0.05) is 16.0 Å². The zero-order chi connectivity index (χ0) is 14.5. The standard InChI is InChI=1S/C14H13BrClN3O/c1-2-17-13-5-3-4-12(18-13)14(20)19-11-7-6-9(16)8-10(11)15/h3-8H,2H2,1H3,(H,17,18)(H,19,20). The van der Waals surface area contributed by atoms with Gasteiger partial charge in [0.25, 0.3) is 5.91 Å². The summed E-state index contributed by atoms with van der Waals surface area (Å²) in [7, 11) is 0. The second-order valence-corrected chi connectivity index (χ2v) is 5.31. The lowest BCUT2D eigenvalue weighted by Crippen LogP contribution is -2.14. The number of hydrogen-bond donors (Lipinski definition) is 2. The fraction of sp³-hybridized carbons (Fsp3) is 0.143. The maximum atomic E-state index is 12.2. The fourth-order valence-corrected chi connectivity index (χ4v) is 2.40. The van der Waals surface area contributed by atoms with Crippen molar-refractivity contribution < 1.29 is 4.79 Å². The van der Waals surface area contributed by atoms with Crippen molar-refractivity contribution in [3.8, 4) is 0 Å². The molecule has 1 amide bonds. The number of carbonyl (C=O) groups excluding carboxylic acids is 1. The van der Waals surface area contributed by atoms with Crippen LogP contribution in [-0.4, -0.2) is 17.4 Å². The van der Waals surface area contributed by atoms with Gasteiger partial charge in [-0.15, -0.1) is 0 Å². The van der Waals surface area contributed by atoms with Crippen LogP contribution in [0.2, 0.25) is 5.02 Å². The van der Waals surface area contributed by atoms with E-state index in [9.17, 15) is 4.79 Å². The van der Waals surface area contributed by atoms with E-state index in [1.807, 2.05) is 13.0 Å². The summed E-state index contributed by atoms with van der Waals surface area (Å²) in [5, 5.41) is 6.46. The first-order valence-corrected chi connectivity index (χ1v) is 7.24. The predicted octanol–water partition coefficient (Wildman–Crippen LogP) is 4.18. The van der Waals surface area contributed by atoms with Gasteiger partial charge in [0.2, 0.25) is 0 Å². The largest absolute Gasteiger partial charge is 0.370 e. The highest BCUT2D eigenvalue weighted by molar-refractivity contribution is 9.10. The molecule has 4 nitrogen and oxygen atoms in total. The Morgan fingerprint density at radius 3 is 2.85 bits per heavy atom. The molecule has 0 radical (unpaired) electrons. The van der Waals surface area contributed by atoms with Crippen LogP contribution < -0.4 is 10.6 Å². The van der Waals surface area contributed by atoms with E-state index in [1.54, 1.807) is 30.3 Å². The quantitative estimate of drug-likeness (QED) is 0.866. The number of anilines is 2. The summed E-state index contributed by atoms with van der Waals surface area (Å²) in [5.41, 5.74) is 1.00. The number of rotatable bonds is 4. The summed E-state index contributed by atoms with van der Waals surface area (Å²) in [6.07, 6.45) is 0. The molecule has 0 saturated carbocycles. The maximum Gasteiger partial charge on any atom is 0.274 e. The zero-order valence-electron chi connectivity index (χ0n) is 10.8. The average Bonchev–Trinajstić information content (AvgIpc) is 2.42. The Morgan fingerprint density at radius 1 is 1.35 bits per heavy atom. The van der Waals surface area contributed by atoms with E-state index >= 15 is 0 Å². The van der Waals surface area contributed by atoms with Gasteiger partial charge in [0.15, 0.2) is 0 Å². The number of hydrogen-bond acceptors (Lipinski definition) is 3. The van der Waals surface area contributed by atoms with Crippen LogP contribution >= 0.6 is 27.5 Å². The Bertz CT molecular complexity index is 634. The Kier molecular flexibility index (Phi) is 4.98. The number of halogens is 2. The first-order valence-electron chi connectivity index (χ1n) is 6.07. The molecule has 0 aliphatic rings. The van der Waals surface area contributed by atoms with Crippen LogP contribution in [0.5, 0.6) is 0 Å². The van der Waals surface area contributed by atoms with Gasteiger partial charge in [-0.05, 0) is 53.2 Å². The minimum atomic E-state index is -0.271. The molecule has 0 spiro atoms. The second kappa shape index (κ2) is 6.72. The van der Waals surface area contributed by atoms with Gasteiger partial charge in [-0.3, -0.25) is 4.79 Å². The Morgan fingerprint density at radius 2 is 2.15 bits per heavy atom. The molecule has 2 rings (SSSR count). The molecular weight excluding hydrogens is 342 g/mol. The minimum absolute atomic E-state index is 0.271. The number of aromatic nitrogens is 1. The average molecular weight is 355 g/mol. The van der Waals surface area contributed by atoms with Crippen molar-refractivity contribution in [1.29, 1.82) is 0 Å². The van der Waals surface area contributed by atoms with Crippen LogP contribution in [0.3, 0.4) is 0 Å². The second-order valence-electron chi connectivity index (χ2n) is 4.02. The molecule has 1 aromatic carbocycles. The summed E-state index contributed by atoms with van der Waals surface area (Å²) in [6, 6.07) is 10.4. The molecule has 0 aliphatic heterocycles. The molecule has 1 heterocycles. The van der Waals surface area contributed by atoms with Crippen LogP contribution in [0, 0.1) is 0 Å². The molecule has 2 N–H and O–H groups in total. The van der Waals surface area contributed by atoms with Crippen molar-refractivity contribution in [2.24, 2.45) is 0 Å². The van der Waals surface area contributed by atoms with Crippen molar-refractivity contribution in [2.45, 2.75) is 6.92 Å². The number of pyridine rings is 1. The molecule has 1 aromatic heterocycles. The van der Waals surface area contributed by atoms with Gasteiger partial charge in [0.1, 0.15) is 11.5 Å². The first-order chi connectivity index (χ1) is 9.60. The van der Waals surface area contributed by atoms with E-state index in [2.05, 4.69) is 31.5 Å². The third kappa shape index (κ3) is 3.71. The molecule has 2 aromatic rings. The third-order valence-corrected chi connectivity index (χ3v) is 3.41. The van der Waals surface area contributed by atoms with Crippen LogP contribution in [0.1, 0.15) is 17.4 Å². The van der Waals surface area contributed by atoms with E-state index in [-0.39, 0.29) is 5.91 Å². The topological polar surface area (TPSA) is 54.0 Å². The number of nitrogens with one attached hydrogen (secondary N) is 2. The number of carbonyl (C=O) groups is 1. The molecule has 0 fully saturated rings. The summed E-state index contributed by atoms with van der Waals surface area (Å²) in [4.78, 5) is 16.4. The van der Waals surface area contributed by atoms with Gasteiger partial charge in [-0.1, -0.05) is 17.7 Å². The SMILES string of the molecule is CCNc1cccc(C(=O)Nc2ccc(Cl)cc2Br)n1. The maximum absolute atomic E-state index is 12.2. The van der Waals surface area contributed by atoms with Crippen LogP contribution in [0.25, 0.3) is 0 Å². The molecule has 0 aliphatic carbocycles. The monoisotopic (exact) mass is 353 g/mol. The normalized spacial score (nSPS) is 10.2. The molecule has 6 heteroatoms. The van der Waals surface area contributed by atoms with Crippen molar-refractivity contribution >= 4 is 44.9 Å². The highest BCUT2D eigenvalue weighted by Gasteiger charge is 2.10. The van der Waals surface area contributed by atoms with Gasteiger partial charge < -0.3 is 10.6 Å². The van der Waals surface area contributed by atoms with E-state index in [1.165, 1.54) is 0 Å².